The normalized spacial score (nSPS) is 10.4. The molecule has 0 amide bonds. The number of carbonyl (C=O) groups excluding carboxylic acids is 2. The number of ether oxygens (including phenoxy) is 2. The van der Waals surface area contributed by atoms with Gasteiger partial charge in [0.15, 0.2) is 0 Å². The van der Waals surface area contributed by atoms with Gasteiger partial charge in [0.2, 0.25) is 0 Å². The zero-order valence-electron chi connectivity index (χ0n) is 11.8. The van der Waals surface area contributed by atoms with Crippen LogP contribution in [0.3, 0.4) is 0 Å². The van der Waals surface area contributed by atoms with Crippen molar-refractivity contribution >= 4 is 17.9 Å². The quantitative estimate of drug-likeness (QED) is 0.355. The maximum absolute atomic E-state index is 11.2. The maximum Gasteiger partial charge on any atom is 0.330 e. The van der Waals surface area contributed by atoms with E-state index in [9.17, 15) is 14.4 Å². The van der Waals surface area contributed by atoms with Crippen molar-refractivity contribution in [3.63, 3.8) is 0 Å². The molecule has 0 fully saturated rings. The molecule has 6 heteroatoms. The molecule has 1 N–H and O–H groups in total. The number of rotatable bonds is 11. The van der Waals surface area contributed by atoms with Crippen LogP contribution in [0.5, 0.6) is 0 Å². The van der Waals surface area contributed by atoms with E-state index >= 15 is 0 Å². The summed E-state index contributed by atoms with van der Waals surface area (Å²) in [4.78, 5) is 32.4. The largest absolute Gasteiger partial charge is 0.481 e. The molecule has 0 spiro atoms. The molecular weight excluding hydrogens is 264 g/mol. The highest BCUT2D eigenvalue weighted by Gasteiger charge is 2.04. The number of carboxylic acid groups (broad SMARTS) is 1. The Labute approximate surface area is 118 Å². The molecule has 0 aromatic carbocycles. The summed E-state index contributed by atoms with van der Waals surface area (Å²) in [6.07, 6.45) is 5.52. The molecule has 0 saturated heterocycles. The summed E-state index contributed by atoms with van der Waals surface area (Å²) in [6, 6.07) is 0. The third-order valence-corrected chi connectivity index (χ3v) is 2.37. The van der Waals surface area contributed by atoms with E-state index in [1.54, 1.807) is 13.0 Å². The third-order valence-electron chi connectivity index (χ3n) is 2.37. The first-order chi connectivity index (χ1) is 9.56. The van der Waals surface area contributed by atoms with Gasteiger partial charge in [-0.15, -0.1) is 0 Å². The van der Waals surface area contributed by atoms with Crippen molar-refractivity contribution < 1.29 is 29.0 Å². The molecule has 0 aromatic heterocycles. The summed E-state index contributed by atoms with van der Waals surface area (Å²) >= 11 is 0. The van der Waals surface area contributed by atoms with Gasteiger partial charge in [-0.3, -0.25) is 9.59 Å². The summed E-state index contributed by atoms with van der Waals surface area (Å²) in [5.74, 6) is -1.55. The van der Waals surface area contributed by atoms with Crippen LogP contribution < -0.4 is 0 Å². The van der Waals surface area contributed by atoms with E-state index in [0.29, 0.717) is 38.9 Å². The van der Waals surface area contributed by atoms with Gasteiger partial charge in [0.05, 0.1) is 13.2 Å². The van der Waals surface area contributed by atoms with E-state index in [1.165, 1.54) is 6.08 Å². The van der Waals surface area contributed by atoms with E-state index in [4.69, 9.17) is 14.6 Å². The molecule has 0 aliphatic heterocycles. The zero-order valence-corrected chi connectivity index (χ0v) is 11.8. The highest BCUT2D eigenvalue weighted by molar-refractivity contribution is 5.81. The predicted octanol–water partition coefficient (Wildman–Crippen LogP) is 2.07. The summed E-state index contributed by atoms with van der Waals surface area (Å²) in [5.41, 5.74) is 0. The van der Waals surface area contributed by atoms with E-state index in [0.717, 1.165) is 0 Å². The molecule has 0 bridgehead atoms. The van der Waals surface area contributed by atoms with Gasteiger partial charge in [0.25, 0.3) is 0 Å². The third kappa shape index (κ3) is 12.6. The Bertz CT molecular complexity index is 335. The van der Waals surface area contributed by atoms with Gasteiger partial charge in [-0.05, 0) is 32.6 Å². The van der Waals surface area contributed by atoms with Crippen molar-refractivity contribution in [3.05, 3.63) is 12.2 Å². The van der Waals surface area contributed by atoms with E-state index < -0.39 is 5.97 Å². The van der Waals surface area contributed by atoms with Gasteiger partial charge >= 0.3 is 17.9 Å². The van der Waals surface area contributed by atoms with Crippen LogP contribution in [-0.2, 0) is 23.9 Å². The Kier molecular flexibility index (Phi) is 11.1. The van der Waals surface area contributed by atoms with Crippen LogP contribution in [-0.4, -0.2) is 36.2 Å². The SMILES string of the molecule is CC=CC(=O)OCCCCOC(=O)CCCCC(=O)O. The molecule has 20 heavy (non-hydrogen) atoms. The second-order valence-corrected chi connectivity index (χ2v) is 4.20. The highest BCUT2D eigenvalue weighted by atomic mass is 16.5. The topological polar surface area (TPSA) is 89.9 Å². The molecule has 0 atom stereocenters. The van der Waals surface area contributed by atoms with E-state index in [-0.39, 0.29) is 24.8 Å². The highest BCUT2D eigenvalue weighted by Crippen LogP contribution is 2.02. The van der Waals surface area contributed by atoms with Crippen LogP contribution >= 0.6 is 0 Å². The zero-order chi connectivity index (χ0) is 15.2. The van der Waals surface area contributed by atoms with Crippen LogP contribution in [0.4, 0.5) is 0 Å². The molecule has 0 aliphatic carbocycles. The van der Waals surface area contributed by atoms with Crippen LogP contribution in [0.15, 0.2) is 12.2 Å². The molecule has 6 nitrogen and oxygen atoms in total. The second kappa shape index (κ2) is 12.2. The Morgan fingerprint density at radius 2 is 1.55 bits per heavy atom. The fraction of sp³-hybridized carbons (Fsp3) is 0.643. The smallest absolute Gasteiger partial charge is 0.330 e. The van der Waals surface area contributed by atoms with Crippen molar-refractivity contribution in [2.24, 2.45) is 0 Å². The van der Waals surface area contributed by atoms with Crippen molar-refractivity contribution in [2.45, 2.75) is 45.4 Å². The first-order valence-corrected chi connectivity index (χ1v) is 6.73. The predicted molar refractivity (Wildman–Crippen MR) is 72.1 cm³/mol. The molecule has 0 aliphatic rings. The monoisotopic (exact) mass is 286 g/mol. The van der Waals surface area contributed by atoms with Crippen molar-refractivity contribution in [3.8, 4) is 0 Å². The van der Waals surface area contributed by atoms with Gasteiger partial charge < -0.3 is 14.6 Å². The minimum absolute atomic E-state index is 0.0743. The molecule has 0 aromatic rings. The summed E-state index contributed by atoms with van der Waals surface area (Å²) in [6.45, 7) is 2.33. The van der Waals surface area contributed by atoms with Gasteiger partial charge in [-0.2, -0.15) is 0 Å². The van der Waals surface area contributed by atoms with Gasteiger partial charge in [0, 0.05) is 18.9 Å². The average molecular weight is 286 g/mol. The molecular formula is C14H22O6. The van der Waals surface area contributed by atoms with Crippen LogP contribution in [0.1, 0.15) is 45.4 Å². The Hall–Kier alpha value is -1.85. The van der Waals surface area contributed by atoms with Gasteiger partial charge in [-0.1, -0.05) is 6.08 Å². The fourth-order valence-corrected chi connectivity index (χ4v) is 1.36. The first kappa shape index (κ1) is 18.1. The number of carboxylic acids is 1. The van der Waals surface area contributed by atoms with Gasteiger partial charge in [-0.25, -0.2) is 4.79 Å². The molecule has 0 unspecified atom stereocenters. The number of carbonyl (C=O) groups is 3. The summed E-state index contributed by atoms with van der Waals surface area (Å²) in [5, 5.41) is 8.42. The van der Waals surface area contributed by atoms with E-state index in [2.05, 4.69) is 0 Å². The van der Waals surface area contributed by atoms with Crippen LogP contribution in [0.2, 0.25) is 0 Å². The van der Waals surface area contributed by atoms with Crippen molar-refractivity contribution in [2.75, 3.05) is 13.2 Å². The minimum atomic E-state index is -0.856. The number of hydrogen-bond acceptors (Lipinski definition) is 5. The van der Waals surface area contributed by atoms with E-state index in [1.807, 2.05) is 0 Å². The standard InChI is InChI=1S/C14H22O6/c1-2-7-13(17)19-10-5-6-11-20-14(18)9-4-3-8-12(15)16/h2,7H,3-6,8-11H2,1H3,(H,15,16). The lowest BCUT2D eigenvalue weighted by Gasteiger charge is -2.05. The minimum Gasteiger partial charge on any atom is -0.481 e. The average Bonchev–Trinajstić information content (AvgIpc) is 2.39. The number of esters is 2. The van der Waals surface area contributed by atoms with Crippen molar-refractivity contribution in [1.29, 1.82) is 0 Å². The number of unbranched alkanes of at least 4 members (excludes halogenated alkanes) is 2. The number of aliphatic carboxylic acids is 1. The molecule has 0 saturated carbocycles. The molecule has 0 radical (unpaired) electrons. The lowest BCUT2D eigenvalue weighted by atomic mass is 10.2. The van der Waals surface area contributed by atoms with Crippen LogP contribution in [0.25, 0.3) is 0 Å². The Morgan fingerprint density at radius 1 is 0.950 bits per heavy atom. The lowest BCUT2D eigenvalue weighted by Crippen LogP contribution is -2.08. The molecule has 0 rings (SSSR count). The fourth-order valence-electron chi connectivity index (χ4n) is 1.36. The first-order valence-electron chi connectivity index (χ1n) is 6.73. The second-order valence-electron chi connectivity index (χ2n) is 4.20. The van der Waals surface area contributed by atoms with Crippen molar-refractivity contribution in [1.82, 2.24) is 0 Å². The lowest BCUT2D eigenvalue weighted by molar-refractivity contribution is -0.145. The Morgan fingerprint density at radius 3 is 2.15 bits per heavy atom. The van der Waals surface area contributed by atoms with Crippen LogP contribution in [0, 0.1) is 0 Å². The molecule has 0 heterocycles. The van der Waals surface area contributed by atoms with Gasteiger partial charge in [0.1, 0.15) is 0 Å². The molecule has 114 valence electrons. The summed E-state index contributed by atoms with van der Waals surface area (Å²) < 4.78 is 9.83. The summed E-state index contributed by atoms with van der Waals surface area (Å²) in [7, 11) is 0. The maximum atomic E-state index is 11.2. The number of hydrogen-bond donors (Lipinski definition) is 1. The number of allylic oxidation sites excluding steroid dienone is 1. The Balaban J connectivity index is 3.35.